The smallest absolute Gasteiger partial charge is 0.233 e. The van der Waals surface area contributed by atoms with Crippen LogP contribution in [-0.2, 0) is 11.3 Å². The quantitative estimate of drug-likeness (QED) is 0.811. The highest BCUT2D eigenvalue weighted by atomic mass is 32.2. The van der Waals surface area contributed by atoms with E-state index in [2.05, 4.69) is 37.4 Å². The maximum Gasteiger partial charge on any atom is 0.233 e. The van der Waals surface area contributed by atoms with Gasteiger partial charge in [0.1, 0.15) is 5.75 Å². The normalized spacial score (nSPS) is 11.8. The molecule has 1 N–H and O–H groups in total. The summed E-state index contributed by atoms with van der Waals surface area (Å²) in [5, 5.41) is 2.86. The molecule has 23 heavy (non-hydrogen) atoms. The van der Waals surface area contributed by atoms with Crippen LogP contribution >= 0.6 is 11.8 Å². The molecule has 0 heterocycles. The number of amides is 1. The molecule has 122 valence electrons. The Morgan fingerprint density at radius 2 is 1.87 bits per heavy atom. The summed E-state index contributed by atoms with van der Waals surface area (Å²) in [7, 11) is 1.64. The van der Waals surface area contributed by atoms with Gasteiger partial charge in [-0.25, -0.2) is 0 Å². The number of methoxy groups -OCH3 is 1. The van der Waals surface area contributed by atoms with Gasteiger partial charge < -0.3 is 10.1 Å². The molecule has 2 aromatic rings. The van der Waals surface area contributed by atoms with Gasteiger partial charge >= 0.3 is 0 Å². The fourth-order valence-electron chi connectivity index (χ4n) is 2.25. The van der Waals surface area contributed by atoms with E-state index in [0.29, 0.717) is 6.54 Å². The van der Waals surface area contributed by atoms with Gasteiger partial charge in [0.2, 0.25) is 5.91 Å². The fraction of sp³-hybridized carbons (Fsp3) is 0.316. The Hall–Kier alpha value is -1.94. The Balaban J connectivity index is 1.89. The SMILES string of the molecule is COc1ccc(CNC(=O)[C@H](C)Sc2ccc(C)cc2C)cc1. The number of aryl methyl sites for hydroxylation is 2. The Morgan fingerprint density at radius 1 is 1.17 bits per heavy atom. The Morgan fingerprint density at radius 3 is 2.48 bits per heavy atom. The number of nitrogens with one attached hydrogen (secondary N) is 1. The van der Waals surface area contributed by atoms with Crippen molar-refractivity contribution < 1.29 is 9.53 Å². The maximum absolute atomic E-state index is 12.3. The first-order valence-corrected chi connectivity index (χ1v) is 8.52. The van der Waals surface area contributed by atoms with E-state index >= 15 is 0 Å². The predicted octanol–water partition coefficient (Wildman–Crippen LogP) is 4.11. The third-order valence-electron chi connectivity index (χ3n) is 3.63. The van der Waals surface area contributed by atoms with Crippen molar-refractivity contribution in [2.45, 2.75) is 37.5 Å². The van der Waals surface area contributed by atoms with Crippen LogP contribution in [0.15, 0.2) is 47.4 Å². The minimum atomic E-state index is -0.130. The summed E-state index contributed by atoms with van der Waals surface area (Å²) < 4.78 is 5.13. The van der Waals surface area contributed by atoms with Crippen LogP contribution in [0, 0.1) is 13.8 Å². The summed E-state index contributed by atoms with van der Waals surface area (Å²) in [5.74, 6) is 0.865. The first-order valence-electron chi connectivity index (χ1n) is 7.64. The zero-order chi connectivity index (χ0) is 16.8. The van der Waals surface area contributed by atoms with E-state index < -0.39 is 0 Å². The molecule has 2 aromatic carbocycles. The summed E-state index contributed by atoms with van der Waals surface area (Å²) in [6, 6.07) is 14.0. The number of rotatable bonds is 6. The van der Waals surface area contributed by atoms with E-state index in [1.807, 2.05) is 31.2 Å². The summed E-state index contributed by atoms with van der Waals surface area (Å²) in [5.41, 5.74) is 3.51. The molecule has 0 radical (unpaired) electrons. The summed E-state index contributed by atoms with van der Waals surface area (Å²) in [4.78, 5) is 13.4. The number of hydrogen-bond acceptors (Lipinski definition) is 3. The van der Waals surface area contributed by atoms with Crippen LogP contribution in [-0.4, -0.2) is 18.3 Å². The zero-order valence-corrected chi connectivity index (χ0v) is 14.9. The second-order valence-corrected chi connectivity index (χ2v) is 6.98. The average Bonchev–Trinajstić information content (AvgIpc) is 2.55. The molecule has 1 amide bonds. The molecule has 0 saturated carbocycles. The molecule has 4 heteroatoms. The third kappa shape index (κ3) is 5.03. The lowest BCUT2D eigenvalue weighted by atomic mass is 10.2. The molecule has 0 bridgehead atoms. The first-order chi connectivity index (χ1) is 11.0. The van der Waals surface area contributed by atoms with Crippen LogP contribution in [0.3, 0.4) is 0 Å². The summed E-state index contributed by atoms with van der Waals surface area (Å²) in [6.45, 7) is 6.62. The largest absolute Gasteiger partial charge is 0.497 e. The van der Waals surface area contributed by atoms with Gasteiger partial charge in [0.05, 0.1) is 12.4 Å². The van der Waals surface area contributed by atoms with Gasteiger partial charge in [0, 0.05) is 11.4 Å². The minimum Gasteiger partial charge on any atom is -0.497 e. The number of hydrogen-bond donors (Lipinski definition) is 1. The minimum absolute atomic E-state index is 0.0470. The highest BCUT2D eigenvalue weighted by molar-refractivity contribution is 8.00. The highest BCUT2D eigenvalue weighted by Crippen LogP contribution is 2.27. The molecule has 0 aliphatic carbocycles. The van der Waals surface area contributed by atoms with Gasteiger partial charge in [0.15, 0.2) is 0 Å². The molecule has 3 nitrogen and oxygen atoms in total. The third-order valence-corrected chi connectivity index (χ3v) is 4.91. The number of carbonyl (C=O) groups excluding carboxylic acids is 1. The average molecular weight is 329 g/mol. The van der Waals surface area contributed by atoms with Gasteiger partial charge in [-0.05, 0) is 50.1 Å². The van der Waals surface area contributed by atoms with E-state index in [4.69, 9.17) is 4.74 Å². The van der Waals surface area contributed by atoms with Crippen molar-refractivity contribution in [2.24, 2.45) is 0 Å². The molecule has 0 spiro atoms. The predicted molar refractivity (Wildman–Crippen MR) is 96.1 cm³/mol. The Kier molecular flexibility index (Phi) is 6.11. The van der Waals surface area contributed by atoms with Gasteiger partial charge in [0.25, 0.3) is 0 Å². The molecule has 0 unspecified atom stereocenters. The molecule has 0 aliphatic heterocycles. The van der Waals surface area contributed by atoms with Crippen LogP contribution in [0.2, 0.25) is 0 Å². The van der Waals surface area contributed by atoms with E-state index in [0.717, 1.165) is 16.2 Å². The van der Waals surface area contributed by atoms with Crippen LogP contribution in [0.25, 0.3) is 0 Å². The number of thioether (sulfide) groups is 1. The second kappa shape index (κ2) is 8.06. The summed E-state index contributed by atoms with van der Waals surface area (Å²) in [6.07, 6.45) is 0. The van der Waals surface area contributed by atoms with Crippen molar-refractivity contribution in [3.63, 3.8) is 0 Å². The lowest BCUT2D eigenvalue weighted by Crippen LogP contribution is -2.30. The number of carbonyl (C=O) groups is 1. The fourth-order valence-corrected chi connectivity index (χ4v) is 3.21. The molecular formula is C19H23NO2S. The Bertz CT molecular complexity index is 668. The second-order valence-electron chi connectivity index (χ2n) is 5.59. The number of ether oxygens (including phenoxy) is 1. The van der Waals surface area contributed by atoms with Crippen LogP contribution in [0.4, 0.5) is 0 Å². The van der Waals surface area contributed by atoms with Crippen LogP contribution < -0.4 is 10.1 Å². The monoisotopic (exact) mass is 329 g/mol. The standard InChI is InChI=1S/C19H23NO2S/c1-13-5-10-18(14(2)11-13)23-15(3)19(21)20-12-16-6-8-17(22-4)9-7-16/h5-11,15H,12H2,1-4H3,(H,20,21)/t15-/m0/s1. The van der Waals surface area contributed by atoms with Crippen molar-refractivity contribution in [1.29, 1.82) is 0 Å². The molecule has 0 aliphatic rings. The lowest BCUT2D eigenvalue weighted by molar-refractivity contribution is -0.120. The molecule has 1 atom stereocenters. The van der Waals surface area contributed by atoms with Crippen LogP contribution in [0.5, 0.6) is 5.75 Å². The molecule has 0 fully saturated rings. The van der Waals surface area contributed by atoms with Crippen molar-refractivity contribution in [3.8, 4) is 5.75 Å². The van der Waals surface area contributed by atoms with Crippen molar-refractivity contribution in [3.05, 3.63) is 59.2 Å². The molecule has 0 saturated heterocycles. The van der Waals surface area contributed by atoms with Crippen molar-refractivity contribution in [2.75, 3.05) is 7.11 Å². The number of benzene rings is 2. The maximum atomic E-state index is 12.3. The highest BCUT2D eigenvalue weighted by Gasteiger charge is 2.15. The van der Waals surface area contributed by atoms with Crippen molar-refractivity contribution >= 4 is 17.7 Å². The topological polar surface area (TPSA) is 38.3 Å². The van der Waals surface area contributed by atoms with Gasteiger partial charge in [-0.1, -0.05) is 29.8 Å². The molecule has 0 aromatic heterocycles. The van der Waals surface area contributed by atoms with Gasteiger partial charge in [-0.15, -0.1) is 11.8 Å². The van der Waals surface area contributed by atoms with E-state index in [1.54, 1.807) is 18.9 Å². The Labute approximate surface area is 142 Å². The van der Waals surface area contributed by atoms with E-state index in [-0.39, 0.29) is 11.2 Å². The van der Waals surface area contributed by atoms with E-state index in [1.165, 1.54) is 11.1 Å². The van der Waals surface area contributed by atoms with E-state index in [9.17, 15) is 4.79 Å². The van der Waals surface area contributed by atoms with Gasteiger partial charge in [-0.3, -0.25) is 4.79 Å². The van der Waals surface area contributed by atoms with Crippen molar-refractivity contribution in [1.82, 2.24) is 5.32 Å². The van der Waals surface area contributed by atoms with Gasteiger partial charge in [-0.2, -0.15) is 0 Å². The van der Waals surface area contributed by atoms with Crippen LogP contribution in [0.1, 0.15) is 23.6 Å². The zero-order valence-electron chi connectivity index (χ0n) is 14.1. The lowest BCUT2D eigenvalue weighted by Gasteiger charge is -2.14. The first kappa shape index (κ1) is 17.4. The molecule has 2 rings (SSSR count). The molecular weight excluding hydrogens is 306 g/mol. The summed E-state index contributed by atoms with van der Waals surface area (Å²) >= 11 is 1.60.